The first-order valence-electron chi connectivity index (χ1n) is 10.3. The third-order valence-electron chi connectivity index (χ3n) is 5.78. The van der Waals surface area contributed by atoms with Gasteiger partial charge in [0.1, 0.15) is 5.75 Å². The van der Waals surface area contributed by atoms with E-state index in [2.05, 4.69) is 23.5 Å². The Kier molecular flexibility index (Phi) is 4.52. The molecule has 0 saturated carbocycles. The third-order valence-corrected chi connectivity index (χ3v) is 7.30. The molecule has 0 bridgehead atoms. The van der Waals surface area contributed by atoms with Gasteiger partial charge in [-0.25, -0.2) is 5.01 Å². The van der Waals surface area contributed by atoms with E-state index in [1.165, 1.54) is 11.8 Å². The third kappa shape index (κ3) is 3.10. The van der Waals surface area contributed by atoms with Crippen LogP contribution in [0.3, 0.4) is 0 Å². The minimum atomic E-state index is -1.15. The highest BCUT2D eigenvalue weighted by Crippen LogP contribution is 2.53. The molecule has 3 aromatic rings. The SMILES string of the molecule is O=C1NC2(Oc3ccccc3C3CC(c4ccccc4)=NN32)S/C1=C\c1ccccc1Cl. The molecule has 5 nitrogen and oxygen atoms in total. The Morgan fingerprint density at radius 2 is 1.81 bits per heavy atom. The molecule has 32 heavy (non-hydrogen) atoms. The van der Waals surface area contributed by atoms with Gasteiger partial charge in [-0.1, -0.05) is 78.3 Å². The van der Waals surface area contributed by atoms with Crippen LogP contribution in [0.4, 0.5) is 0 Å². The number of thioether (sulfide) groups is 1. The Hall–Kier alpha value is -3.22. The summed E-state index contributed by atoms with van der Waals surface area (Å²) in [4.78, 5) is 13.5. The summed E-state index contributed by atoms with van der Waals surface area (Å²) in [5.41, 5.74) is 3.88. The summed E-state index contributed by atoms with van der Waals surface area (Å²) >= 11 is 7.64. The number of carbonyl (C=O) groups is 1. The highest BCUT2D eigenvalue weighted by molar-refractivity contribution is 8.05. The predicted octanol–water partition coefficient (Wildman–Crippen LogP) is 5.40. The molecule has 3 aliphatic rings. The van der Waals surface area contributed by atoms with Crippen LogP contribution in [-0.4, -0.2) is 21.8 Å². The second-order valence-electron chi connectivity index (χ2n) is 7.79. The summed E-state index contributed by atoms with van der Waals surface area (Å²) < 4.78 is 6.42. The van der Waals surface area contributed by atoms with Gasteiger partial charge in [-0.15, -0.1) is 0 Å². The number of para-hydroxylation sites is 1. The van der Waals surface area contributed by atoms with Crippen LogP contribution in [0.1, 0.15) is 29.2 Å². The second kappa shape index (κ2) is 7.43. The van der Waals surface area contributed by atoms with Gasteiger partial charge in [0.25, 0.3) is 5.91 Å². The average molecular weight is 460 g/mol. The molecule has 0 aromatic heterocycles. The van der Waals surface area contributed by atoms with Crippen molar-refractivity contribution in [2.24, 2.45) is 5.10 Å². The molecule has 7 heteroatoms. The standard InChI is InChI=1S/C25H18ClN3O2S/c26-19-12-6-4-10-17(19)14-23-24(30)27-25(32-23)29-21(18-11-5-7-13-22(18)31-25)15-20(28-29)16-8-2-1-3-9-16/h1-14,21H,15H2,(H,27,30)/b23-14-. The summed E-state index contributed by atoms with van der Waals surface area (Å²) in [6.45, 7) is 0. The number of fused-ring (bicyclic) bond motifs is 4. The number of nitrogens with one attached hydrogen (secondary N) is 1. The van der Waals surface area contributed by atoms with E-state index < -0.39 is 5.18 Å². The van der Waals surface area contributed by atoms with Crippen LogP contribution < -0.4 is 10.1 Å². The molecule has 3 aliphatic heterocycles. The van der Waals surface area contributed by atoms with Gasteiger partial charge >= 0.3 is 5.18 Å². The Morgan fingerprint density at radius 3 is 2.66 bits per heavy atom. The maximum Gasteiger partial charge on any atom is 0.336 e. The first-order valence-corrected chi connectivity index (χ1v) is 11.5. The molecule has 1 saturated heterocycles. The number of benzene rings is 3. The lowest BCUT2D eigenvalue weighted by Gasteiger charge is -2.43. The van der Waals surface area contributed by atoms with E-state index in [9.17, 15) is 4.79 Å². The largest absolute Gasteiger partial charge is 0.439 e. The van der Waals surface area contributed by atoms with Gasteiger partial charge in [-0.3, -0.25) is 10.1 Å². The fourth-order valence-electron chi connectivity index (χ4n) is 4.28. The van der Waals surface area contributed by atoms with Gasteiger partial charge in [0.2, 0.25) is 0 Å². The van der Waals surface area contributed by atoms with Crippen LogP contribution in [0.25, 0.3) is 6.08 Å². The van der Waals surface area contributed by atoms with Crippen molar-refractivity contribution in [3.63, 3.8) is 0 Å². The highest BCUT2D eigenvalue weighted by Gasteiger charge is 2.57. The topological polar surface area (TPSA) is 53.9 Å². The summed E-state index contributed by atoms with van der Waals surface area (Å²) in [5.74, 6) is 0.543. The number of hydrazone groups is 1. The lowest BCUT2D eigenvalue weighted by molar-refractivity contribution is -0.127. The molecule has 1 fully saturated rings. The molecular formula is C25H18ClN3O2S. The van der Waals surface area contributed by atoms with Crippen molar-refractivity contribution in [1.82, 2.24) is 10.3 Å². The Bertz CT molecular complexity index is 1290. The van der Waals surface area contributed by atoms with E-state index in [0.29, 0.717) is 9.93 Å². The lowest BCUT2D eigenvalue weighted by atomic mass is 9.97. The van der Waals surface area contributed by atoms with Crippen molar-refractivity contribution in [2.45, 2.75) is 17.6 Å². The van der Waals surface area contributed by atoms with Crippen LogP contribution in [0.5, 0.6) is 5.75 Å². The number of carbonyl (C=O) groups excluding carboxylic acids is 1. The zero-order valence-corrected chi connectivity index (χ0v) is 18.4. The minimum Gasteiger partial charge on any atom is -0.439 e. The quantitative estimate of drug-likeness (QED) is 0.521. The number of nitrogens with zero attached hydrogens (tertiary/aromatic N) is 2. The van der Waals surface area contributed by atoms with E-state index in [1.54, 1.807) is 6.08 Å². The zero-order valence-electron chi connectivity index (χ0n) is 16.9. The molecule has 0 radical (unpaired) electrons. The normalized spacial score (nSPS) is 24.7. The van der Waals surface area contributed by atoms with Crippen molar-refractivity contribution in [2.75, 3.05) is 0 Å². The van der Waals surface area contributed by atoms with E-state index in [4.69, 9.17) is 21.4 Å². The van der Waals surface area contributed by atoms with Gasteiger partial charge in [0, 0.05) is 17.0 Å². The maximum atomic E-state index is 13.0. The fourth-order valence-corrected chi connectivity index (χ4v) is 5.63. The van der Waals surface area contributed by atoms with Gasteiger partial charge in [0.05, 0.1) is 16.7 Å². The summed E-state index contributed by atoms with van der Waals surface area (Å²) in [6.07, 6.45) is 2.53. The Balaban J connectivity index is 1.44. The molecule has 1 N–H and O–H groups in total. The van der Waals surface area contributed by atoms with Gasteiger partial charge in [-0.2, -0.15) is 5.10 Å². The Labute approximate surface area is 194 Å². The minimum absolute atomic E-state index is 0.0392. The van der Waals surface area contributed by atoms with Crippen LogP contribution in [0.2, 0.25) is 5.02 Å². The smallest absolute Gasteiger partial charge is 0.336 e. The average Bonchev–Trinajstić information content (AvgIpc) is 3.39. The second-order valence-corrected chi connectivity index (χ2v) is 9.39. The van der Waals surface area contributed by atoms with Crippen LogP contribution >= 0.6 is 23.4 Å². The summed E-state index contributed by atoms with van der Waals surface area (Å²) in [7, 11) is 0. The molecule has 158 valence electrons. The van der Waals surface area contributed by atoms with Crippen molar-refractivity contribution >= 4 is 41.1 Å². The lowest BCUT2D eigenvalue weighted by Crippen LogP contribution is -2.58. The van der Waals surface area contributed by atoms with Gasteiger partial charge in [0.15, 0.2) is 0 Å². The monoisotopic (exact) mass is 459 g/mol. The number of hydrogen-bond acceptors (Lipinski definition) is 5. The summed E-state index contributed by atoms with van der Waals surface area (Å²) in [5, 5.41) is 9.33. The molecule has 0 aliphatic carbocycles. The van der Waals surface area contributed by atoms with Crippen molar-refractivity contribution in [1.29, 1.82) is 0 Å². The van der Waals surface area contributed by atoms with Gasteiger partial charge < -0.3 is 4.74 Å². The van der Waals surface area contributed by atoms with Crippen LogP contribution in [0.15, 0.2) is 88.9 Å². The van der Waals surface area contributed by atoms with Crippen LogP contribution in [0, 0.1) is 0 Å². The number of hydrogen-bond donors (Lipinski definition) is 1. The number of halogens is 1. The van der Waals surface area contributed by atoms with E-state index >= 15 is 0 Å². The number of amides is 1. The highest BCUT2D eigenvalue weighted by atomic mass is 35.5. The zero-order chi connectivity index (χ0) is 21.7. The van der Waals surface area contributed by atoms with Crippen molar-refractivity contribution in [3.05, 3.63) is 105 Å². The van der Waals surface area contributed by atoms with Crippen LogP contribution in [-0.2, 0) is 4.79 Å². The van der Waals surface area contributed by atoms with Gasteiger partial charge in [-0.05, 0) is 41.1 Å². The van der Waals surface area contributed by atoms with Crippen molar-refractivity contribution < 1.29 is 9.53 Å². The predicted molar refractivity (Wildman–Crippen MR) is 127 cm³/mol. The molecular weight excluding hydrogens is 442 g/mol. The van der Waals surface area contributed by atoms with E-state index in [1.807, 2.05) is 65.7 Å². The first kappa shape index (κ1) is 19.5. The van der Waals surface area contributed by atoms with E-state index in [-0.39, 0.29) is 11.9 Å². The summed E-state index contributed by atoms with van der Waals surface area (Å²) in [6, 6.07) is 25.5. The van der Waals surface area contributed by atoms with E-state index in [0.717, 1.165) is 34.6 Å². The fraction of sp³-hybridized carbons (Fsp3) is 0.120. The Morgan fingerprint density at radius 1 is 1.06 bits per heavy atom. The van der Waals surface area contributed by atoms with Crippen molar-refractivity contribution in [3.8, 4) is 5.75 Å². The molecule has 1 amide bonds. The first-order chi connectivity index (χ1) is 15.6. The molecule has 2 unspecified atom stereocenters. The molecule has 3 heterocycles. The molecule has 3 aromatic carbocycles. The number of ether oxygens (including phenoxy) is 1. The molecule has 2 atom stereocenters. The molecule has 1 spiro atoms. The maximum absolute atomic E-state index is 13.0. The number of rotatable bonds is 2. The molecule has 6 rings (SSSR count).